The average molecular weight is 406 g/mol. The average Bonchev–Trinajstić information content (AvgIpc) is 2.66. The fourth-order valence-corrected chi connectivity index (χ4v) is 3.92. The van der Waals surface area contributed by atoms with Crippen molar-refractivity contribution in [2.45, 2.75) is 31.3 Å². The van der Waals surface area contributed by atoms with E-state index in [1.54, 1.807) is 38.1 Å². The van der Waals surface area contributed by atoms with Crippen LogP contribution in [-0.2, 0) is 14.8 Å². The maximum atomic E-state index is 12.6. The van der Waals surface area contributed by atoms with E-state index in [-0.39, 0.29) is 17.3 Å². The van der Waals surface area contributed by atoms with Crippen molar-refractivity contribution in [3.8, 4) is 0 Å². The highest BCUT2D eigenvalue weighted by molar-refractivity contribution is 7.89. The number of carbonyl (C=O) groups excluding carboxylic acids is 1. The standard InChI is InChI=1S/C20H27N3O4S/c1-5-20(25)22-16-8-11-19(14(2)12-16)28(26,27)21-13-18(24)15-6-9-17(10-7-15)23(3)4/h6-12,18,21,24H,5,13H2,1-4H3,(H,22,25)/t18-/m1/s1. The van der Waals surface area contributed by atoms with Crippen molar-refractivity contribution in [1.82, 2.24) is 4.72 Å². The van der Waals surface area contributed by atoms with Crippen molar-refractivity contribution in [3.63, 3.8) is 0 Å². The zero-order valence-corrected chi connectivity index (χ0v) is 17.4. The second kappa shape index (κ2) is 9.18. The van der Waals surface area contributed by atoms with Gasteiger partial charge < -0.3 is 15.3 Å². The Balaban J connectivity index is 2.07. The lowest BCUT2D eigenvalue weighted by molar-refractivity contribution is -0.115. The van der Waals surface area contributed by atoms with Crippen LogP contribution < -0.4 is 14.9 Å². The van der Waals surface area contributed by atoms with Gasteiger partial charge in [0.1, 0.15) is 0 Å². The van der Waals surface area contributed by atoms with E-state index in [0.717, 1.165) is 5.69 Å². The highest BCUT2D eigenvalue weighted by Crippen LogP contribution is 2.21. The molecule has 0 aliphatic rings. The number of sulfonamides is 1. The fraction of sp³-hybridized carbons (Fsp3) is 0.350. The van der Waals surface area contributed by atoms with Gasteiger partial charge in [0.2, 0.25) is 15.9 Å². The Morgan fingerprint density at radius 1 is 1.14 bits per heavy atom. The van der Waals surface area contributed by atoms with Crippen LogP contribution in [0.1, 0.15) is 30.6 Å². The summed E-state index contributed by atoms with van der Waals surface area (Å²) in [7, 11) is 0.0377. The molecule has 1 atom stereocenters. The summed E-state index contributed by atoms with van der Waals surface area (Å²) in [5, 5.41) is 13.0. The van der Waals surface area contributed by atoms with Gasteiger partial charge in [-0.05, 0) is 48.4 Å². The zero-order chi connectivity index (χ0) is 20.9. The minimum absolute atomic E-state index is 0.108. The number of carbonyl (C=O) groups is 1. The first-order valence-corrected chi connectivity index (χ1v) is 10.5. The van der Waals surface area contributed by atoms with E-state index in [2.05, 4.69) is 10.0 Å². The highest BCUT2D eigenvalue weighted by Gasteiger charge is 2.19. The third kappa shape index (κ3) is 5.54. The Morgan fingerprint density at radius 3 is 2.32 bits per heavy atom. The minimum atomic E-state index is -3.80. The molecule has 3 N–H and O–H groups in total. The van der Waals surface area contributed by atoms with Crippen LogP contribution in [-0.4, -0.2) is 40.1 Å². The number of anilines is 2. The van der Waals surface area contributed by atoms with Crippen LogP contribution in [0.3, 0.4) is 0 Å². The number of aliphatic hydroxyl groups is 1. The molecule has 0 unspecified atom stereocenters. The number of aryl methyl sites for hydroxylation is 1. The monoisotopic (exact) mass is 405 g/mol. The number of benzene rings is 2. The molecule has 7 nitrogen and oxygen atoms in total. The summed E-state index contributed by atoms with van der Waals surface area (Å²) in [5.74, 6) is -0.142. The summed E-state index contributed by atoms with van der Waals surface area (Å²) in [5.41, 5.74) is 2.67. The zero-order valence-electron chi connectivity index (χ0n) is 16.6. The molecule has 0 heterocycles. The van der Waals surface area contributed by atoms with Crippen LogP contribution in [0.15, 0.2) is 47.4 Å². The summed E-state index contributed by atoms with van der Waals surface area (Å²) in [6.45, 7) is 3.26. The Kier molecular flexibility index (Phi) is 7.17. The van der Waals surface area contributed by atoms with Gasteiger partial charge >= 0.3 is 0 Å². The third-order valence-electron chi connectivity index (χ3n) is 4.33. The number of rotatable bonds is 8. The maximum absolute atomic E-state index is 12.6. The first-order chi connectivity index (χ1) is 13.1. The van der Waals surface area contributed by atoms with E-state index in [1.165, 1.54) is 6.07 Å². The Morgan fingerprint density at radius 2 is 1.79 bits per heavy atom. The molecule has 0 radical (unpaired) electrons. The van der Waals surface area contributed by atoms with Gasteiger partial charge in [-0.3, -0.25) is 4.79 Å². The van der Waals surface area contributed by atoms with Crippen molar-refractivity contribution >= 4 is 27.3 Å². The van der Waals surface area contributed by atoms with Crippen molar-refractivity contribution in [1.29, 1.82) is 0 Å². The molecule has 0 aromatic heterocycles. The topological polar surface area (TPSA) is 98.7 Å². The predicted molar refractivity (Wildman–Crippen MR) is 111 cm³/mol. The molecule has 2 aromatic carbocycles. The van der Waals surface area contributed by atoms with E-state index in [1.807, 2.05) is 31.1 Å². The van der Waals surface area contributed by atoms with Crippen LogP contribution >= 0.6 is 0 Å². The molecule has 0 saturated heterocycles. The Hall–Kier alpha value is -2.42. The summed E-state index contributed by atoms with van der Waals surface area (Å²) in [6, 6.07) is 11.9. The maximum Gasteiger partial charge on any atom is 0.240 e. The molecule has 0 aliphatic heterocycles. The Labute approximate surface area is 166 Å². The second-order valence-corrected chi connectivity index (χ2v) is 8.47. The summed E-state index contributed by atoms with van der Waals surface area (Å²) in [6.07, 6.45) is -0.622. The Bertz CT molecular complexity index is 925. The summed E-state index contributed by atoms with van der Waals surface area (Å²) >= 11 is 0. The molecule has 0 aliphatic carbocycles. The molecule has 8 heteroatoms. The molecule has 152 valence electrons. The lowest BCUT2D eigenvalue weighted by Gasteiger charge is -2.16. The normalized spacial score (nSPS) is 12.5. The number of amides is 1. The van der Waals surface area contributed by atoms with Gasteiger partial charge in [0, 0.05) is 38.4 Å². The first kappa shape index (κ1) is 21.9. The molecule has 2 aromatic rings. The van der Waals surface area contributed by atoms with Gasteiger partial charge in [-0.15, -0.1) is 0 Å². The van der Waals surface area contributed by atoms with E-state index in [0.29, 0.717) is 23.2 Å². The molecule has 0 fully saturated rings. The number of nitrogens with one attached hydrogen (secondary N) is 2. The van der Waals surface area contributed by atoms with Gasteiger partial charge in [0.25, 0.3) is 0 Å². The SMILES string of the molecule is CCC(=O)Nc1ccc(S(=O)(=O)NC[C@@H](O)c2ccc(N(C)C)cc2)c(C)c1. The van der Waals surface area contributed by atoms with Crippen LogP contribution in [0.5, 0.6) is 0 Å². The predicted octanol–water partition coefficient (Wildman–Crippen LogP) is 2.42. The highest BCUT2D eigenvalue weighted by atomic mass is 32.2. The van der Waals surface area contributed by atoms with Crippen molar-refractivity contribution in [2.75, 3.05) is 30.9 Å². The van der Waals surface area contributed by atoms with Crippen molar-refractivity contribution in [2.24, 2.45) is 0 Å². The number of hydrogen-bond donors (Lipinski definition) is 3. The van der Waals surface area contributed by atoms with Crippen molar-refractivity contribution < 1.29 is 18.3 Å². The smallest absolute Gasteiger partial charge is 0.240 e. The molecule has 2 rings (SSSR count). The van der Waals surface area contributed by atoms with Crippen LogP contribution in [0, 0.1) is 6.92 Å². The van der Waals surface area contributed by atoms with Gasteiger partial charge in [-0.1, -0.05) is 19.1 Å². The quantitative estimate of drug-likeness (QED) is 0.626. The lowest BCUT2D eigenvalue weighted by atomic mass is 10.1. The molecule has 0 spiro atoms. The van der Waals surface area contributed by atoms with Crippen LogP contribution in [0.4, 0.5) is 11.4 Å². The van der Waals surface area contributed by atoms with E-state index < -0.39 is 16.1 Å². The molecule has 0 saturated carbocycles. The van der Waals surface area contributed by atoms with E-state index in [4.69, 9.17) is 0 Å². The van der Waals surface area contributed by atoms with Gasteiger partial charge in [-0.2, -0.15) is 0 Å². The van der Waals surface area contributed by atoms with E-state index in [9.17, 15) is 18.3 Å². The molecule has 1 amide bonds. The largest absolute Gasteiger partial charge is 0.387 e. The van der Waals surface area contributed by atoms with Crippen LogP contribution in [0.25, 0.3) is 0 Å². The number of nitrogens with zero attached hydrogens (tertiary/aromatic N) is 1. The molecule has 28 heavy (non-hydrogen) atoms. The summed E-state index contributed by atoms with van der Waals surface area (Å²) in [4.78, 5) is 13.5. The second-order valence-electron chi connectivity index (χ2n) is 6.74. The number of aliphatic hydroxyl groups excluding tert-OH is 1. The molecule has 0 bridgehead atoms. The summed E-state index contributed by atoms with van der Waals surface area (Å²) < 4.78 is 27.7. The first-order valence-electron chi connectivity index (χ1n) is 8.99. The number of hydrogen-bond acceptors (Lipinski definition) is 5. The fourth-order valence-electron chi connectivity index (χ4n) is 2.66. The van der Waals surface area contributed by atoms with Gasteiger partial charge in [0.15, 0.2) is 0 Å². The van der Waals surface area contributed by atoms with Crippen molar-refractivity contribution in [3.05, 3.63) is 53.6 Å². The van der Waals surface area contributed by atoms with Crippen LogP contribution in [0.2, 0.25) is 0 Å². The van der Waals surface area contributed by atoms with Gasteiger partial charge in [0.05, 0.1) is 11.0 Å². The van der Waals surface area contributed by atoms with Gasteiger partial charge in [-0.25, -0.2) is 13.1 Å². The third-order valence-corrected chi connectivity index (χ3v) is 5.91. The van der Waals surface area contributed by atoms with E-state index >= 15 is 0 Å². The minimum Gasteiger partial charge on any atom is -0.387 e. The molecular formula is C20H27N3O4S. The molecular weight excluding hydrogens is 378 g/mol. The lowest BCUT2D eigenvalue weighted by Crippen LogP contribution is -2.29.